The van der Waals surface area contributed by atoms with E-state index in [9.17, 15) is 18.0 Å². The third-order valence-electron chi connectivity index (χ3n) is 3.88. The molecule has 122 valence electrons. The predicted molar refractivity (Wildman–Crippen MR) is 78.7 cm³/mol. The molecule has 1 fully saturated rings. The summed E-state index contributed by atoms with van der Waals surface area (Å²) in [6, 6.07) is 4.30. The number of carbonyl (C=O) groups excluding carboxylic acids is 1. The van der Waals surface area contributed by atoms with Crippen LogP contribution in [0.15, 0.2) is 24.3 Å². The second-order valence-electron chi connectivity index (χ2n) is 5.45. The number of amides is 2. The number of rotatable bonds is 2. The normalized spacial score (nSPS) is 19.4. The highest BCUT2D eigenvalue weighted by atomic mass is 19.4. The van der Waals surface area contributed by atoms with Gasteiger partial charge < -0.3 is 15.5 Å². The van der Waals surface area contributed by atoms with E-state index < -0.39 is 11.7 Å². The van der Waals surface area contributed by atoms with Crippen molar-refractivity contribution in [1.82, 2.24) is 10.2 Å². The van der Waals surface area contributed by atoms with Crippen LogP contribution >= 0.6 is 0 Å². The summed E-state index contributed by atoms with van der Waals surface area (Å²) in [5.41, 5.74) is -0.370. The maximum Gasteiger partial charge on any atom is 0.416 e. The molecule has 7 heteroatoms. The highest BCUT2D eigenvalue weighted by Gasteiger charge is 2.30. The van der Waals surface area contributed by atoms with Crippen molar-refractivity contribution >= 4 is 11.7 Å². The first-order valence-electron chi connectivity index (χ1n) is 7.30. The fourth-order valence-corrected chi connectivity index (χ4v) is 2.51. The number of anilines is 1. The van der Waals surface area contributed by atoms with E-state index in [-0.39, 0.29) is 12.1 Å². The molecule has 0 bridgehead atoms. The summed E-state index contributed by atoms with van der Waals surface area (Å²) < 4.78 is 37.5. The fraction of sp³-hybridized carbons (Fsp3) is 0.533. The number of hydrogen-bond donors (Lipinski definition) is 2. The van der Waals surface area contributed by atoms with Crippen LogP contribution in [0.3, 0.4) is 0 Å². The average molecular weight is 315 g/mol. The summed E-state index contributed by atoms with van der Waals surface area (Å²) >= 11 is 0. The van der Waals surface area contributed by atoms with Crippen molar-refractivity contribution in [3.63, 3.8) is 0 Å². The Morgan fingerprint density at radius 3 is 2.55 bits per heavy atom. The Hall–Kier alpha value is -1.76. The summed E-state index contributed by atoms with van der Waals surface area (Å²) in [6.07, 6.45) is -1.57. The third-order valence-corrected chi connectivity index (χ3v) is 3.88. The van der Waals surface area contributed by atoms with Gasteiger partial charge in [-0.2, -0.15) is 13.2 Å². The van der Waals surface area contributed by atoms with E-state index in [0.29, 0.717) is 5.69 Å². The Kier molecular flexibility index (Phi) is 5.28. The van der Waals surface area contributed by atoms with Crippen LogP contribution in [0, 0.1) is 0 Å². The Morgan fingerprint density at radius 2 is 1.91 bits per heavy atom. The Bertz CT molecular complexity index is 494. The van der Waals surface area contributed by atoms with Crippen LogP contribution < -0.4 is 10.6 Å². The zero-order chi connectivity index (χ0) is 16.2. The van der Waals surface area contributed by atoms with E-state index in [1.807, 2.05) is 0 Å². The van der Waals surface area contributed by atoms with Crippen molar-refractivity contribution in [3.05, 3.63) is 29.8 Å². The molecule has 1 aliphatic rings. The minimum atomic E-state index is -4.37. The summed E-state index contributed by atoms with van der Waals surface area (Å²) in [4.78, 5) is 13.8. The van der Waals surface area contributed by atoms with E-state index in [4.69, 9.17) is 0 Å². The fourth-order valence-electron chi connectivity index (χ4n) is 2.51. The first-order chi connectivity index (χ1) is 10.4. The number of urea groups is 1. The molecule has 0 spiro atoms. The van der Waals surface area contributed by atoms with Crippen molar-refractivity contribution in [2.45, 2.75) is 31.5 Å². The topological polar surface area (TPSA) is 44.4 Å². The lowest BCUT2D eigenvalue weighted by atomic mass is 10.1. The quantitative estimate of drug-likeness (QED) is 0.879. The molecule has 1 heterocycles. The van der Waals surface area contributed by atoms with Crippen molar-refractivity contribution < 1.29 is 18.0 Å². The molecule has 0 saturated carbocycles. The van der Waals surface area contributed by atoms with Gasteiger partial charge in [-0.05, 0) is 56.6 Å². The van der Waals surface area contributed by atoms with Gasteiger partial charge in [0.2, 0.25) is 0 Å². The number of halogens is 3. The van der Waals surface area contributed by atoms with E-state index in [2.05, 4.69) is 10.6 Å². The maximum absolute atomic E-state index is 12.5. The van der Waals surface area contributed by atoms with Gasteiger partial charge in [0, 0.05) is 18.8 Å². The first-order valence-corrected chi connectivity index (χ1v) is 7.30. The SMILES string of the molecule is CN(C(=O)Nc1ccc(C(F)(F)F)cc1)C1CCCNCC1. The van der Waals surface area contributed by atoms with Crippen LogP contribution in [0.1, 0.15) is 24.8 Å². The van der Waals surface area contributed by atoms with Gasteiger partial charge >= 0.3 is 12.2 Å². The largest absolute Gasteiger partial charge is 0.416 e. The molecule has 0 radical (unpaired) electrons. The number of alkyl halides is 3. The Balaban J connectivity index is 1.95. The maximum atomic E-state index is 12.5. The van der Waals surface area contributed by atoms with Crippen LogP contribution in [0.2, 0.25) is 0 Å². The average Bonchev–Trinajstić information content (AvgIpc) is 2.75. The number of nitrogens with zero attached hydrogens (tertiary/aromatic N) is 1. The third kappa shape index (κ3) is 4.37. The minimum absolute atomic E-state index is 0.143. The van der Waals surface area contributed by atoms with Gasteiger partial charge in [0.25, 0.3) is 0 Å². The lowest BCUT2D eigenvalue weighted by Gasteiger charge is -2.27. The zero-order valence-electron chi connectivity index (χ0n) is 12.4. The highest BCUT2D eigenvalue weighted by molar-refractivity contribution is 5.89. The van der Waals surface area contributed by atoms with Gasteiger partial charge in [0.15, 0.2) is 0 Å². The van der Waals surface area contributed by atoms with Gasteiger partial charge in [0.1, 0.15) is 0 Å². The molecule has 1 atom stereocenters. The molecule has 1 saturated heterocycles. The lowest BCUT2D eigenvalue weighted by Crippen LogP contribution is -2.40. The summed E-state index contributed by atoms with van der Waals surface area (Å²) in [6.45, 7) is 1.81. The van der Waals surface area contributed by atoms with Crippen molar-refractivity contribution in [1.29, 1.82) is 0 Å². The van der Waals surface area contributed by atoms with Gasteiger partial charge in [-0.15, -0.1) is 0 Å². The van der Waals surface area contributed by atoms with Crippen molar-refractivity contribution in [2.24, 2.45) is 0 Å². The zero-order valence-corrected chi connectivity index (χ0v) is 12.4. The molecule has 1 aliphatic heterocycles. The lowest BCUT2D eigenvalue weighted by molar-refractivity contribution is -0.137. The van der Waals surface area contributed by atoms with Crippen molar-refractivity contribution in [2.75, 3.05) is 25.5 Å². The molecule has 1 aromatic carbocycles. The van der Waals surface area contributed by atoms with Gasteiger partial charge in [0.05, 0.1) is 5.56 Å². The second kappa shape index (κ2) is 7.00. The van der Waals surface area contributed by atoms with E-state index >= 15 is 0 Å². The molecule has 22 heavy (non-hydrogen) atoms. The monoisotopic (exact) mass is 315 g/mol. The second-order valence-corrected chi connectivity index (χ2v) is 5.45. The number of benzene rings is 1. The Labute approximate surface area is 127 Å². The minimum Gasteiger partial charge on any atom is -0.325 e. The van der Waals surface area contributed by atoms with Crippen molar-refractivity contribution in [3.8, 4) is 0 Å². The predicted octanol–water partition coefficient (Wildman–Crippen LogP) is 3.31. The van der Waals surface area contributed by atoms with Crippen LogP contribution in [-0.4, -0.2) is 37.1 Å². The first kappa shape index (κ1) is 16.6. The molecule has 2 amide bonds. The van der Waals surface area contributed by atoms with Gasteiger partial charge in [-0.3, -0.25) is 0 Å². The summed E-state index contributed by atoms with van der Waals surface area (Å²) in [5, 5.41) is 5.91. The van der Waals surface area contributed by atoms with E-state index in [1.54, 1.807) is 11.9 Å². The van der Waals surface area contributed by atoms with E-state index in [1.165, 1.54) is 12.1 Å². The summed E-state index contributed by atoms with van der Waals surface area (Å²) in [7, 11) is 1.72. The Morgan fingerprint density at radius 1 is 1.23 bits per heavy atom. The summed E-state index contributed by atoms with van der Waals surface area (Å²) in [5.74, 6) is 0. The molecule has 2 rings (SSSR count). The van der Waals surface area contributed by atoms with Crippen LogP contribution in [-0.2, 0) is 6.18 Å². The number of hydrogen-bond acceptors (Lipinski definition) is 2. The molecule has 4 nitrogen and oxygen atoms in total. The van der Waals surface area contributed by atoms with Crippen LogP contribution in [0.25, 0.3) is 0 Å². The standard InChI is InChI=1S/C15H20F3N3O/c1-21(13-3-2-9-19-10-8-13)14(22)20-12-6-4-11(5-7-12)15(16,17)18/h4-7,13,19H,2-3,8-10H2,1H3,(H,20,22). The molecular weight excluding hydrogens is 295 g/mol. The smallest absolute Gasteiger partial charge is 0.325 e. The molecule has 1 unspecified atom stereocenters. The molecule has 1 aromatic rings. The highest BCUT2D eigenvalue weighted by Crippen LogP contribution is 2.29. The van der Waals surface area contributed by atoms with Gasteiger partial charge in [-0.25, -0.2) is 4.79 Å². The van der Waals surface area contributed by atoms with Gasteiger partial charge in [-0.1, -0.05) is 0 Å². The molecular formula is C15H20F3N3O. The van der Waals surface area contributed by atoms with E-state index in [0.717, 1.165) is 44.5 Å². The molecule has 2 N–H and O–H groups in total. The molecule has 0 aromatic heterocycles. The van der Waals surface area contributed by atoms with Crippen LogP contribution in [0.5, 0.6) is 0 Å². The number of nitrogens with one attached hydrogen (secondary N) is 2. The van der Waals surface area contributed by atoms with Crippen LogP contribution in [0.4, 0.5) is 23.7 Å². The number of carbonyl (C=O) groups is 1. The molecule has 0 aliphatic carbocycles.